The molecule has 0 saturated heterocycles. The van der Waals surface area contributed by atoms with E-state index in [4.69, 9.17) is 9.97 Å². The first kappa shape index (κ1) is 22.6. The molecule has 0 spiro atoms. The number of pyridine rings is 1. The van der Waals surface area contributed by atoms with Crippen molar-refractivity contribution in [3.63, 3.8) is 0 Å². The van der Waals surface area contributed by atoms with Crippen LogP contribution in [-0.4, -0.2) is 18.9 Å². The molecule has 8 heteroatoms. The lowest BCUT2D eigenvalue weighted by atomic mass is 10.1. The van der Waals surface area contributed by atoms with Gasteiger partial charge >= 0.3 is 0 Å². The zero-order valence-corrected chi connectivity index (χ0v) is 20.7. The molecule has 0 fully saturated rings. The van der Waals surface area contributed by atoms with Crippen LogP contribution >= 0.6 is 23.1 Å². The summed E-state index contributed by atoms with van der Waals surface area (Å²) < 4.78 is 3.33. The van der Waals surface area contributed by atoms with Gasteiger partial charge in [-0.15, -0.1) is 11.3 Å². The number of nitrogens with zero attached hydrogens (tertiary/aromatic N) is 4. The third-order valence-corrected chi connectivity index (χ3v) is 7.95. The van der Waals surface area contributed by atoms with Gasteiger partial charge in [0.05, 0.1) is 11.1 Å². The molecule has 0 unspecified atom stereocenters. The van der Waals surface area contributed by atoms with E-state index in [1.54, 1.807) is 32.6 Å². The standard InChI is InChI=1S/C26H24N4O2S2/c1-3-20-15-21-24(34-20)28-26(30(25(21)32)13-11-18-9-5-4-6-10-18)33-16-19-14-22(31)29-12-7-8-17(2)23(29)27-19/h4-10,12,14-15H,3,11,13,16H2,1-2H3. The van der Waals surface area contributed by atoms with Crippen molar-refractivity contribution in [2.45, 2.75) is 44.1 Å². The Kier molecular flexibility index (Phi) is 6.34. The van der Waals surface area contributed by atoms with Gasteiger partial charge in [0.25, 0.3) is 11.1 Å². The summed E-state index contributed by atoms with van der Waals surface area (Å²) in [6.07, 6.45) is 3.34. The van der Waals surface area contributed by atoms with E-state index < -0.39 is 0 Å². The van der Waals surface area contributed by atoms with Gasteiger partial charge in [-0.25, -0.2) is 9.97 Å². The van der Waals surface area contributed by atoms with Crippen molar-refractivity contribution < 1.29 is 0 Å². The minimum absolute atomic E-state index is 0.0123. The molecular formula is C26H24N4O2S2. The number of rotatable bonds is 7. The second-order valence-electron chi connectivity index (χ2n) is 8.13. The van der Waals surface area contributed by atoms with Crippen LogP contribution in [0.25, 0.3) is 15.9 Å². The van der Waals surface area contributed by atoms with Crippen LogP contribution in [0.2, 0.25) is 0 Å². The molecule has 0 amide bonds. The van der Waals surface area contributed by atoms with E-state index in [-0.39, 0.29) is 11.1 Å². The summed E-state index contributed by atoms with van der Waals surface area (Å²) in [6, 6.07) is 17.5. The van der Waals surface area contributed by atoms with E-state index in [1.165, 1.54) is 17.3 Å². The number of hydrogen-bond donors (Lipinski definition) is 0. The molecule has 5 rings (SSSR count). The van der Waals surface area contributed by atoms with E-state index in [0.29, 0.717) is 34.2 Å². The molecule has 5 aromatic rings. The van der Waals surface area contributed by atoms with Gasteiger partial charge in [0.1, 0.15) is 10.5 Å². The normalized spacial score (nSPS) is 11.5. The zero-order chi connectivity index (χ0) is 23.7. The lowest BCUT2D eigenvalue weighted by Crippen LogP contribution is -2.24. The molecule has 0 atom stereocenters. The van der Waals surface area contributed by atoms with Crippen LogP contribution in [0.15, 0.2) is 75.5 Å². The molecule has 0 aliphatic rings. The van der Waals surface area contributed by atoms with Crippen molar-refractivity contribution in [3.8, 4) is 0 Å². The van der Waals surface area contributed by atoms with Crippen molar-refractivity contribution in [1.82, 2.24) is 18.9 Å². The predicted molar refractivity (Wildman–Crippen MR) is 139 cm³/mol. The highest BCUT2D eigenvalue weighted by Gasteiger charge is 2.15. The van der Waals surface area contributed by atoms with Crippen molar-refractivity contribution in [2.75, 3.05) is 0 Å². The fraction of sp³-hybridized carbons (Fsp3) is 0.231. The van der Waals surface area contributed by atoms with Gasteiger partial charge in [0.2, 0.25) is 0 Å². The lowest BCUT2D eigenvalue weighted by molar-refractivity contribution is 0.596. The highest BCUT2D eigenvalue weighted by molar-refractivity contribution is 7.98. The number of aryl methyl sites for hydroxylation is 3. The van der Waals surface area contributed by atoms with Crippen LogP contribution in [0.3, 0.4) is 0 Å². The van der Waals surface area contributed by atoms with E-state index in [9.17, 15) is 9.59 Å². The van der Waals surface area contributed by atoms with Gasteiger partial charge in [-0.3, -0.25) is 18.6 Å². The predicted octanol–water partition coefficient (Wildman–Crippen LogP) is 4.87. The molecule has 0 N–H and O–H groups in total. The Balaban J connectivity index is 1.51. The molecule has 0 aliphatic heterocycles. The van der Waals surface area contributed by atoms with E-state index in [2.05, 4.69) is 19.1 Å². The second-order valence-corrected chi connectivity index (χ2v) is 10.2. The highest BCUT2D eigenvalue weighted by Crippen LogP contribution is 2.27. The molecule has 0 aliphatic carbocycles. The maximum atomic E-state index is 13.4. The van der Waals surface area contributed by atoms with Crippen molar-refractivity contribution in [2.24, 2.45) is 0 Å². The Morgan fingerprint density at radius 3 is 2.65 bits per heavy atom. The molecule has 4 aromatic heterocycles. The van der Waals surface area contributed by atoms with Gasteiger partial charge in [-0.2, -0.15) is 0 Å². The topological polar surface area (TPSA) is 69.3 Å². The van der Waals surface area contributed by atoms with Gasteiger partial charge in [0, 0.05) is 29.4 Å². The summed E-state index contributed by atoms with van der Waals surface area (Å²) in [5, 5.41) is 1.33. The molecule has 0 saturated carbocycles. The highest BCUT2D eigenvalue weighted by atomic mass is 32.2. The Bertz CT molecular complexity index is 1600. The Labute approximate surface area is 205 Å². The van der Waals surface area contributed by atoms with Gasteiger partial charge < -0.3 is 0 Å². The molecular weight excluding hydrogens is 464 g/mol. The fourth-order valence-corrected chi connectivity index (χ4v) is 5.86. The summed E-state index contributed by atoms with van der Waals surface area (Å²) >= 11 is 3.02. The smallest absolute Gasteiger partial charge is 0.262 e. The maximum Gasteiger partial charge on any atom is 0.262 e. The number of thiophene rings is 1. The van der Waals surface area contributed by atoms with E-state index in [1.807, 2.05) is 43.3 Å². The number of thioether (sulfide) groups is 1. The molecule has 172 valence electrons. The SMILES string of the molecule is CCc1cc2c(=O)n(CCc3ccccc3)c(SCc3cc(=O)n4cccc(C)c4n3)nc2s1. The van der Waals surface area contributed by atoms with Crippen LogP contribution in [-0.2, 0) is 25.1 Å². The largest absolute Gasteiger partial charge is 0.287 e. The van der Waals surface area contributed by atoms with Gasteiger partial charge in [0.15, 0.2) is 5.16 Å². The summed E-state index contributed by atoms with van der Waals surface area (Å²) in [4.78, 5) is 37.5. The first-order chi connectivity index (χ1) is 16.5. The number of aromatic nitrogens is 4. The first-order valence-corrected chi connectivity index (χ1v) is 13.0. The second kappa shape index (κ2) is 9.56. The monoisotopic (exact) mass is 488 g/mol. The summed E-state index contributed by atoms with van der Waals surface area (Å²) in [6.45, 7) is 4.57. The lowest BCUT2D eigenvalue weighted by Gasteiger charge is -2.12. The molecule has 1 aromatic carbocycles. The van der Waals surface area contributed by atoms with Crippen LogP contribution < -0.4 is 11.1 Å². The van der Waals surface area contributed by atoms with E-state index in [0.717, 1.165) is 28.1 Å². The first-order valence-electron chi connectivity index (χ1n) is 11.2. The van der Waals surface area contributed by atoms with Crippen LogP contribution in [0.4, 0.5) is 0 Å². The maximum absolute atomic E-state index is 13.4. The van der Waals surface area contributed by atoms with Gasteiger partial charge in [-0.05, 0) is 43.0 Å². The number of benzene rings is 1. The quantitative estimate of drug-likeness (QED) is 0.241. The average Bonchev–Trinajstić information content (AvgIpc) is 3.27. The molecule has 0 bridgehead atoms. The number of fused-ring (bicyclic) bond motifs is 2. The average molecular weight is 489 g/mol. The van der Waals surface area contributed by atoms with E-state index >= 15 is 0 Å². The van der Waals surface area contributed by atoms with Crippen molar-refractivity contribution in [1.29, 1.82) is 0 Å². The van der Waals surface area contributed by atoms with Crippen LogP contribution in [0, 0.1) is 6.92 Å². The third kappa shape index (κ3) is 4.43. The minimum atomic E-state index is -0.111. The summed E-state index contributed by atoms with van der Waals surface area (Å²) in [7, 11) is 0. The molecule has 6 nitrogen and oxygen atoms in total. The Hall–Kier alpha value is -3.23. The summed E-state index contributed by atoms with van der Waals surface area (Å²) in [5.41, 5.74) is 3.32. The summed E-state index contributed by atoms with van der Waals surface area (Å²) in [5.74, 6) is 0.454. The van der Waals surface area contributed by atoms with Gasteiger partial charge in [-0.1, -0.05) is 55.1 Å². The third-order valence-electron chi connectivity index (χ3n) is 5.77. The zero-order valence-electron chi connectivity index (χ0n) is 19.0. The Morgan fingerprint density at radius 1 is 1.03 bits per heavy atom. The molecule has 4 heterocycles. The van der Waals surface area contributed by atoms with Crippen LogP contribution in [0.5, 0.6) is 0 Å². The van der Waals surface area contributed by atoms with Crippen molar-refractivity contribution in [3.05, 3.63) is 103 Å². The molecule has 0 radical (unpaired) electrons. The number of hydrogen-bond acceptors (Lipinski definition) is 6. The Morgan fingerprint density at radius 2 is 1.85 bits per heavy atom. The van der Waals surface area contributed by atoms with Crippen LogP contribution in [0.1, 0.15) is 28.6 Å². The van der Waals surface area contributed by atoms with Crippen molar-refractivity contribution >= 4 is 39.0 Å². The minimum Gasteiger partial charge on any atom is -0.287 e. The fourth-order valence-electron chi connectivity index (χ4n) is 3.94. The molecule has 34 heavy (non-hydrogen) atoms.